The summed E-state index contributed by atoms with van der Waals surface area (Å²) in [4.78, 5) is 43.7. The number of amides is 2. The summed E-state index contributed by atoms with van der Waals surface area (Å²) in [6.07, 6.45) is -4.42. The fraction of sp³-hybridized carbons (Fsp3) is 0.360. The van der Waals surface area contributed by atoms with Crippen LogP contribution in [0.1, 0.15) is 36.0 Å². The summed E-state index contributed by atoms with van der Waals surface area (Å²) in [6, 6.07) is 0.716. The van der Waals surface area contributed by atoms with Crippen LogP contribution in [0.15, 0.2) is 35.3 Å². The number of nitrogens with zero attached hydrogens (tertiary/aromatic N) is 3. The Kier molecular flexibility index (Phi) is 6.61. The molecule has 8 nitrogen and oxygen atoms in total. The van der Waals surface area contributed by atoms with Gasteiger partial charge >= 0.3 is 6.18 Å². The van der Waals surface area contributed by atoms with Crippen LogP contribution in [0.5, 0.6) is 0 Å². The van der Waals surface area contributed by atoms with Crippen molar-refractivity contribution < 1.29 is 41.0 Å². The molecule has 2 unspecified atom stereocenters. The first kappa shape index (κ1) is 26.7. The monoisotopic (exact) mass is 554 g/mol. The Morgan fingerprint density at radius 2 is 1.77 bits per heavy atom. The third kappa shape index (κ3) is 4.84. The second-order valence-electron chi connectivity index (χ2n) is 9.55. The molecule has 2 N–H and O–H groups in total. The Labute approximate surface area is 215 Å². The van der Waals surface area contributed by atoms with Gasteiger partial charge in [-0.1, -0.05) is 6.42 Å². The summed E-state index contributed by atoms with van der Waals surface area (Å²) in [7, 11) is 0. The minimum Gasteiger partial charge on any atom is -0.391 e. The molecule has 2 aromatic heterocycles. The average molecular weight is 554 g/mol. The van der Waals surface area contributed by atoms with Gasteiger partial charge < -0.3 is 10.4 Å². The summed E-state index contributed by atoms with van der Waals surface area (Å²) in [5.41, 5.74) is -3.36. The van der Waals surface area contributed by atoms with Crippen molar-refractivity contribution in [2.75, 3.05) is 11.4 Å². The smallest absolute Gasteiger partial charge is 0.391 e. The highest BCUT2D eigenvalue weighted by atomic mass is 19.4. The lowest BCUT2D eigenvalue weighted by atomic mass is 9.79. The van der Waals surface area contributed by atoms with Gasteiger partial charge in [0.25, 0.3) is 5.91 Å². The Morgan fingerprint density at radius 1 is 1.10 bits per heavy atom. The lowest BCUT2D eigenvalue weighted by Crippen LogP contribution is -2.52. The van der Waals surface area contributed by atoms with E-state index in [1.165, 1.54) is 6.07 Å². The quantitative estimate of drug-likeness (QED) is 0.471. The Hall–Kier alpha value is -3.94. The van der Waals surface area contributed by atoms with Crippen LogP contribution < -0.4 is 15.6 Å². The van der Waals surface area contributed by atoms with Crippen molar-refractivity contribution in [2.24, 2.45) is 5.92 Å². The predicted octanol–water partition coefficient (Wildman–Crippen LogP) is 3.36. The van der Waals surface area contributed by atoms with Crippen LogP contribution in [0, 0.1) is 23.4 Å². The SMILES string of the molecule is O=C(NC(C1CCC1)C(F)(F)F)c1cn(-c2c(F)cc(F)cc2F)c2nc(N3CC(O)CC3=O)ccc2c1=O. The van der Waals surface area contributed by atoms with E-state index >= 15 is 0 Å². The zero-order chi connectivity index (χ0) is 28.2. The van der Waals surface area contributed by atoms with Gasteiger partial charge in [-0.15, -0.1) is 0 Å². The summed E-state index contributed by atoms with van der Waals surface area (Å²) >= 11 is 0. The van der Waals surface area contributed by atoms with E-state index in [2.05, 4.69) is 4.98 Å². The van der Waals surface area contributed by atoms with E-state index in [-0.39, 0.29) is 31.6 Å². The first-order chi connectivity index (χ1) is 18.3. The number of pyridine rings is 2. The molecule has 39 heavy (non-hydrogen) atoms. The van der Waals surface area contributed by atoms with Crippen LogP contribution in [0.3, 0.4) is 0 Å². The number of aromatic nitrogens is 2. The van der Waals surface area contributed by atoms with E-state index in [1.807, 2.05) is 5.32 Å². The molecule has 3 heterocycles. The topological polar surface area (TPSA) is 105 Å². The van der Waals surface area contributed by atoms with Crippen molar-refractivity contribution in [2.45, 2.75) is 44.0 Å². The standard InChI is InChI=1S/C25H20F6N4O4/c26-12-6-16(27)20(17(28)7-12)35-10-15(24(39)33-22(25(29,30)31)11-2-1-3-11)21(38)14-4-5-18(32-23(14)35)34-9-13(36)8-19(34)37/h4-7,10-11,13,22,36H,1-3,8-9H2,(H,33,39). The molecular formula is C25H20F6N4O4. The molecule has 1 aromatic carbocycles. The number of alkyl halides is 3. The highest BCUT2D eigenvalue weighted by Gasteiger charge is 2.47. The number of benzene rings is 1. The maximum absolute atomic E-state index is 14.8. The molecule has 2 atom stereocenters. The van der Waals surface area contributed by atoms with Crippen LogP contribution >= 0.6 is 0 Å². The minimum atomic E-state index is -4.81. The Morgan fingerprint density at radius 3 is 2.31 bits per heavy atom. The fourth-order valence-corrected chi connectivity index (χ4v) is 4.81. The van der Waals surface area contributed by atoms with E-state index < -0.39 is 81.2 Å². The van der Waals surface area contributed by atoms with Crippen molar-refractivity contribution in [3.63, 3.8) is 0 Å². The molecule has 1 aliphatic heterocycles. The number of β-amino-alcohol motifs (C(OH)–C–C–N with tert-alkyl or cyclic N) is 1. The number of halogens is 6. The normalized spacial score (nSPS) is 18.9. The van der Waals surface area contributed by atoms with Crippen LogP contribution in [-0.2, 0) is 4.79 Å². The van der Waals surface area contributed by atoms with E-state index in [1.54, 1.807) is 0 Å². The van der Waals surface area contributed by atoms with Crippen molar-refractivity contribution in [3.05, 3.63) is 63.7 Å². The molecule has 1 saturated heterocycles. The van der Waals surface area contributed by atoms with Gasteiger partial charge in [0.1, 0.15) is 28.9 Å². The zero-order valence-electron chi connectivity index (χ0n) is 19.9. The van der Waals surface area contributed by atoms with Gasteiger partial charge in [0, 0.05) is 18.3 Å². The van der Waals surface area contributed by atoms with Gasteiger partial charge in [-0.05, 0) is 30.9 Å². The summed E-state index contributed by atoms with van der Waals surface area (Å²) in [5, 5.41) is 11.2. The van der Waals surface area contributed by atoms with Crippen molar-refractivity contribution >= 4 is 28.7 Å². The maximum Gasteiger partial charge on any atom is 0.408 e. The van der Waals surface area contributed by atoms with Crippen molar-refractivity contribution in [1.29, 1.82) is 0 Å². The number of aliphatic hydroxyl groups excluding tert-OH is 1. The first-order valence-corrected chi connectivity index (χ1v) is 11.9. The van der Waals surface area contributed by atoms with Gasteiger partial charge in [0.15, 0.2) is 17.3 Å². The van der Waals surface area contributed by atoms with Crippen molar-refractivity contribution in [3.8, 4) is 5.69 Å². The third-order valence-electron chi connectivity index (χ3n) is 6.94. The maximum atomic E-state index is 14.8. The second-order valence-corrected chi connectivity index (χ2v) is 9.55. The number of carbonyl (C=O) groups excluding carboxylic acids is 2. The van der Waals surface area contributed by atoms with E-state index in [0.717, 1.165) is 11.0 Å². The number of nitrogens with one attached hydrogen (secondary N) is 1. The number of rotatable bonds is 5. The molecule has 14 heteroatoms. The molecule has 1 aliphatic carbocycles. The van der Waals surface area contributed by atoms with Gasteiger partial charge in [-0.25, -0.2) is 18.2 Å². The molecule has 0 spiro atoms. The fourth-order valence-electron chi connectivity index (χ4n) is 4.81. The lowest BCUT2D eigenvalue weighted by Gasteiger charge is -2.35. The summed E-state index contributed by atoms with van der Waals surface area (Å²) in [5.74, 6) is -7.10. The van der Waals surface area contributed by atoms with E-state index in [4.69, 9.17) is 0 Å². The second kappa shape index (κ2) is 9.67. The minimum absolute atomic E-state index is 0.0977. The number of hydrogen-bond acceptors (Lipinski definition) is 5. The highest BCUT2D eigenvalue weighted by Crippen LogP contribution is 2.37. The van der Waals surface area contributed by atoms with Crippen LogP contribution in [0.25, 0.3) is 16.7 Å². The number of fused-ring (bicyclic) bond motifs is 1. The number of carbonyl (C=O) groups is 2. The molecule has 206 valence electrons. The average Bonchev–Trinajstić information content (AvgIpc) is 3.15. The number of hydrogen-bond donors (Lipinski definition) is 2. The largest absolute Gasteiger partial charge is 0.408 e. The molecule has 2 aliphatic rings. The van der Waals surface area contributed by atoms with Gasteiger partial charge in [-0.2, -0.15) is 13.2 Å². The van der Waals surface area contributed by atoms with Crippen molar-refractivity contribution in [1.82, 2.24) is 14.9 Å². The van der Waals surface area contributed by atoms with E-state index in [9.17, 15) is 45.8 Å². The molecule has 5 rings (SSSR count). The van der Waals surface area contributed by atoms with Crippen LogP contribution in [0.4, 0.5) is 32.2 Å². The van der Waals surface area contributed by atoms with Gasteiger partial charge in [0.2, 0.25) is 11.3 Å². The van der Waals surface area contributed by atoms with Crippen LogP contribution in [0.2, 0.25) is 0 Å². The molecule has 2 fully saturated rings. The molecule has 1 saturated carbocycles. The molecule has 2 amide bonds. The molecule has 0 bridgehead atoms. The highest BCUT2D eigenvalue weighted by molar-refractivity contribution is 5.99. The third-order valence-corrected chi connectivity index (χ3v) is 6.94. The molecule has 0 radical (unpaired) electrons. The predicted molar refractivity (Wildman–Crippen MR) is 125 cm³/mol. The summed E-state index contributed by atoms with van der Waals surface area (Å²) in [6.45, 7) is -0.151. The molecular weight excluding hydrogens is 534 g/mol. The zero-order valence-corrected chi connectivity index (χ0v) is 19.9. The number of aliphatic hydroxyl groups is 1. The van der Waals surface area contributed by atoms with E-state index in [0.29, 0.717) is 29.3 Å². The van der Waals surface area contributed by atoms with Gasteiger partial charge in [-0.3, -0.25) is 23.9 Å². The first-order valence-electron chi connectivity index (χ1n) is 11.9. The Balaban J connectivity index is 1.69. The summed E-state index contributed by atoms with van der Waals surface area (Å²) < 4.78 is 84.9. The lowest BCUT2D eigenvalue weighted by molar-refractivity contribution is -0.171. The van der Waals surface area contributed by atoms with Crippen LogP contribution in [-0.4, -0.2) is 51.3 Å². The Bertz CT molecular complexity index is 1530. The molecule has 3 aromatic rings. The van der Waals surface area contributed by atoms with Gasteiger partial charge in [0.05, 0.1) is 24.5 Å². The number of anilines is 1.